The SMILES string of the molecule is O=C(Oc1ccc(-c2ccc(F)cc2F)cc1C(=O)NCc1ccccc1)c1ccc(Cl)cc1. The summed E-state index contributed by atoms with van der Waals surface area (Å²) < 4.78 is 33.2. The van der Waals surface area contributed by atoms with Gasteiger partial charge >= 0.3 is 5.97 Å². The van der Waals surface area contributed by atoms with Crippen LogP contribution >= 0.6 is 11.6 Å². The van der Waals surface area contributed by atoms with Gasteiger partial charge in [0.05, 0.1) is 11.1 Å². The number of carbonyl (C=O) groups is 2. The largest absolute Gasteiger partial charge is 0.422 e. The molecule has 0 aliphatic carbocycles. The van der Waals surface area contributed by atoms with Crippen molar-refractivity contribution in [3.8, 4) is 16.9 Å². The molecule has 4 aromatic rings. The maximum Gasteiger partial charge on any atom is 0.343 e. The Hall–Kier alpha value is -4.03. The maximum absolute atomic E-state index is 14.4. The second kappa shape index (κ2) is 10.3. The molecule has 34 heavy (non-hydrogen) atoms. The molecule has 0 spiro atoms. The Morgan fingerprint density at radius 2 is 1.59 bits per heavy atom. The highest BCUT2D eigenvalue weighted by atomic mass is 35.5. The molecule has 0 atom stereocenters. The summed E-state index contributed by atoms with van der Waals surface area (Å²) in [5.41, 5.74) is 1.58. The van der Waals surface area contributed by atoms with Gasteiger partial charge in [0.25, 0.3) is 5.91 Å². The highest BCUT2D eigenvalue weighted by molar-refractivity contribution is 6.30. The molecule has 0 unspecified atom stereocenters. The molecule has 0 aromatic heterocycles. The number of ether oxygens (including phenoxy) is 1. The van der Waals surface area contributed by atoms with E-state index in [1.165, 1.54) is 36.4 Å². The number of esters is 1. The molecule has 0 saturated carbocycles. The van der Waals surface area contributed by atoms with E-state index in [1.807, 2.05) is 30.3 Å². The van der Waals surface area contributed by atoms with E-state index in [0.29, 0.717) is 10.6 Å². The molecule has 0 aliphatic rings. The van der Waals surface area contributed by atoms with Crippen molar-refractivity contribution in [2.24, 2.45) is 0 Å². The highest BCUT2D eigenvalue weighted by Gasteiger charge is 2.19. The molecule has 0 radical (unpaired) electrons. The molecule has 0 aliphatic heterocycles. The lowest BCUT2D eigenvalue weighted by Crippen LogP contribution is -2.24. The predicted octanol–water partition coefficient (Wildman–Crippen LogP) is 6.43. The first-order valence-corrected chi connectivity index (χ1v) is 10.7. The van der Waals surface area contributed by atoms with Crippen LogP contribution in [-0.2, 0) is 6.54 Å². The van der Waals surface area contributed by atoms with Crippen molar-refractivity contribution in [3.05, 3.63) is 124 Å². The van der Waals surface area contributed by atoms with Crippen LogP contribution in [0, 0.1) is 11.6 Å². The van der Waals surface area contributed by atoms with Crippen LogP contribution < -0.4 is 10.1 Å². The van der Waals surface area contributed by atoms with Gasteiger partial charge in [-0.15, -0.1) is 0 Å². The van der Waals surface area contributed by atoms with Gasteiger partial charge in [-0.25, -0.2) is 13.6 Å². The summed E-state index contributed by atoms with van der Waals surface area (Å²) in [6, 6.07) is 22.8. The zero-order chi connectivity index (χ0) is 24.1. The molecule has 4 nitrogen and oxygen atoms in total. The van der Waals surface area contributed by atoms with E-state index in [4.69, 9.17) is 16.3 Å². The summed E-state index contributed by atoms with van der Waals surface area (Å²) in [6.45, 7) is 0.235. The molecule has 4 rings (SSSR count). The topological polar surface area (TPSA) is 55.4 Å². The Morgan fingerprint density at radius 1 is 0.853 bits per heavy atom. The Bertz CT molecular complexity index is 1340. The third-order valence-electron chi connectivity index (χ3n) is 5.04. The normalized spacial score (nSPS) is 10.6. The van der Waals surface area contributed by atoms with E-state index < -0.39 is 23.5 Å². The first-order chi connectivity index (χ1) is 16.4. The summed E-state index contributed by atoms with van der Waals surface area (Å²) in [7, 11) is 0. The van der Waals surface area contributed by atoms with Gasteiger partial charge in [0.1, 0.15) is 17.4 Å². The summed E-state index contributed by atoms with van der Waals surface area (Å²) >= 11 is 5.87. The smallest absolute Gasteiger partial charge is 0.343 e. The lowest BCUT2D eigenvalue weighted by molar-refractivity contribution is 0.0732. The fourth-order valence-corrected chi connectivity index (χ4v) is 3.43. The van der Waals surface area contributed by atoms with Crippen LogP contribution in [-0.4, -0.2) is 11.9 Å². The van der Waals surface area contributed by atoms with Crippen molar-refractivity contribution in [1.82, 2.24) is 5.32 Å². The minimum absolute atomic E-state index is 0.00298. The standard InChI is InChI=1S/C27H18ClF2NO3/c28-20-9-6-18(7-10-20)27(33)34-25-13-8-19(22-12-11-21(29)15-24(22)30)14-23(25)26(32)31-16-17-4-2-1-3-5-17/h1-15H,16H2,(H,31,32). The van der Waals surface area contributed by atoms with Gasteiger partial charge < -0.3 is 10.1 Å². The van der Waals surface area contributed by atoms with Gasteiger partial charge in [-0.2, -0.15) is 0 Å². The van der Waals surface area contributed by atoms with Gasteiger partial charge in [0.2, 0.25) is 0 Å². The molecule has 4 aromatic carbocycles. The van der Waals surface area contributed by atoms with Crippen LogP contribution in [0.1, 0.15) is 26.3 Å². The average molecular weight is 478 g/mol. The van der Waals surface area contributed by atoms with E-state index in [9.17, 15) is 18.4 Å². The lowest BCUT2D eigenvalue weighted by Gasteiger charge is -2.13. The fraction of sp³-hybridized carbons (Fsp3) is 0.0370. The molecule has 170 valence electrons. The molecular weight excluding hydrogens is 460 g/mol. The summed E-state index contributed by atoms with van der Waals surface area (Å²) in [5.74, 6) is -2.70. The number of nitrogens with one attached hydrogen (secondary N) is 1. The molecule has 0 fully saturated rings. The molecular formula is C27H18ClF2NO3. The number of halogens is 3. The monoisotopic (exact) mass is 477 g/mol. The molecule has 1 N–H and O–H groups in total. The third kappa shape index (κ3) is 5.47. The molecule has 0 bridgehead atoms. The molecule has 7 heteroatoms. The number of amides is 1. The van der Waals surface area contributed by atoms with Crippen LogP contribution in [0.2, 0.25) is 5.02 Å². The number of rotatable bonds is 6. The second-order valence-electron chi connectivity index (χ2n) is 7.40. The Morgan fingerprint density at radius 3 is 2.29 bits per heavy atom. The van der Waals surface area contributed by atoms with Crippen LogP contribution in [0.5, 0.6) is 5.75 Å². The van der Waals surface area contributed by atoms with E-state index >= 15 is 0 Å². The summed E-state index contributed by atoms with van der Waals surface area (Å²) in [4.78, 5) is 25.7. The van der Waals surface area contributed by atoms with E-state index in [1.54, 1.807) is 12.1 Å². The average Bonchev–Trinajstić information content (AvgIpc) is 2.84. The Labute approximate surface area is 199 Å². The van der Waals surface area contributed by atoms with Gasteiger partial charge in [-0.3, -0.25) is 4.79 Å². The van der Waals surface area contributed by atoms with Crippen LogP contribution in [0.25, 0.3) is 11.1 Å². The van der Waals surface area contributed by atoms with Crippen molar-refractivity contribution < 1.29 is 23.1 Å². The molecule has 0 heterocycles. The van der Waals surface area contributed by atoms with Crippen LogP contribution in [0.4, 0.5) is 8.78 Å². The first-order valence-electron chi connectivity index (χ1n) is 10.3. The van der Waals surface area contributed by atoms with Crippen molar-refractivity contribution in [3.63, 3.8) is 0 Å². The zero-order valence-corrected chi connectivity index (χ0v) is 18.5. The van der Waals surface area contributed by atoms with Gasteiger partial charge in [0.15, 0.2) is 0 Å². The van der Waals surface area contributed by atoms with Crippen molar-refractivity contribution in [2.75, 3.05) is 0 Å². The molecule has 1 amide bonds. The zero-order valence-electron chi connectivity index (χ0n) is 17.7. The maximum atomic E-state index is 14.4. The molecule has 0 saturated heterocycles. The van der Waals surface area contributed by atoms with Crippen molar-refractivity contribution in [2.45, 2.75) is 6.54 Å². The summed E-state index contributed by atoms with van der Waals surface area (Å²) in [6.07, 6.45) is 0. The number of hydrogen-bond acceptors (Lipinski definition) is 3. The number of hydrogen-bond donors (Lipinski definition) is 1. The van der Waals surface area contributed by atoms with Crippen LogP contribution in [0.3, 0.4) is 0 Å². The number of carbonyl (C=O) groups excluding carboxylic acids is 2. The Kier molecular flexibility index (Phi) is 6.99. The van der Waals surface area contributed by atoms with Gasteiger partial charge in [0, 0.05) is 23.2 Å². The highest BCUT2D eigenvalue weighted by Crippen LogP contribution is 2.30. The summed E-state index contributed by atoms with van der Waals surface area (Å²) in [5, 5.41) is 3.24. The first kappa shape index (κ1) is 23.1. The van der Waals surface area contributed by atoms with Crippen LogP contribution in [0.15, 0.2) is 91.0 Å². The number of benzene rings is 4. The second-order valence-corrected chi connectivity index (χ2v) is 7.84. The fourth-order valence-electron chi connectivity index (χ4n) is 3.31. The van der Waals surface area contributed by atoms with E-state index in [0.717, 1.165) is 17.7 Å². The predicted molar refractivity (Wildman–Crippen MR) is 126 cm³/mol. The van der Waals surface area contributed by atoms with E-state index in [2.05, 4.69) is 5.32 Å². The lowest BCUT2D eigenvalue weighted by atomic mass is 10.0. The minimum atomic E-state index is -0.776. The van der Waals surface area contributed by atoms with Crippen molar-refractivity contribution >= 4 is 23.5 Å². The van der Waals surface area contributed by atoms with Crippen molar-refractivity contribution in [1.29, 1.82) is 0 Å². The van der Waals surface area contributed by atoms with Gasteiger partial charge in [-0.05, 0) is 59.7 Å². The Balaban J connectivity index is 1.66. The minimum Gasteiger partial charge on any atom is -0.422 e. The third-order valence-corrected chi connectivity index (χ3v) is 5.30. The van der Waals surface area contributed by atoms with Gasteiger partial charge in [-0.1, -0.05) is 48.0 Å². The van der Waals surface area contributed by atoms with E-state index in [-0.39, 0.29) is 29.0 Å². The quantitative estimate of drug-likeness (QED) is 0.257.